The topological polar surface area (TPSA) is 44.1 Å². The van der Waals surface area contributed by atoms with Crippen molar-refractivity contribution >= 4 is 18.5 Å². The molecular weight excluding hydrogens is 232 g/mol. The van der Waals surface area contributed by atoms with Crippen LogP contribution >= 0.6 is 12.6 Å². The third kappa shape index (κ3) is 3.79. The van der Waals surface area contributed by atoms with E-state index in [1.54, 1.807) is 23.1 Å². The maximum absolute atomic E-state index is 12.2. The van der Waals surface area contributed by atoms with Gasteiger partial charge in [0.15, 0.2) is 0 Å². The molecule has 0 heterocycles. The van der Waals surface area contributed by atoms with Crippen LogP contribution < -0.4 is 0 Å². The van der Waals surface area contributed by atoms with Crippen LogP contribution in [-0.2, 0) is 0 Å². The second kappa shape index (κ2) is 6.31. The smallest absolute Gasteiger partial charge is 0.253 e. The lowest BCUT2D eigenvalue weighted by Gasteiger charge is -2.22. The highest BCUT2D eigenvalue weighted by Gasteiger charge is 2.16. The van der Waals surface area contributed by atoms with Gasteiger partial charge in [-0.05, 0) is 32.0 Å². The van der Waals surface area contributed by atoms with Gasteiger partial charge in [0.25, 0.3) is 5.91 Å². The second-order valence-electron chi connectivity index (χ2n) is 3.92. The summed E-state index contributed by atoms with van der Waals surface area (Å²) in [7, 11) is 0. The zero-order valence-electron chi connectivity index (χ0n) is 10.1. The van der Waals surface area contributed by atoms with E-state index in [1.165, 1.54) is 0 Å². The van der Waals surface area contributed by atoms with Gasteiger partial charge in [-0.3, -0.25) is 4.79 Å². The number of amides is 1. The van der Waals surface area contributed by atoms with Gasteiger partial charge in [0.2, 0.25) is 0 Å². The molecule has 1 amide bonds. The molecule has 0 aliphatic rings. The Bertz CT molecular complexity index is 439. The van der Waals surface area contributed by atoms with Crippen molar-refractivity contribution in [3.8, 4) is 6.07 Å². The molecule has 1 aromatic rings. The molecule has 0 saturated carbocycles. The van der Waals surface area contributed by atoms with Gasteiger partial charge in [-0.25, -0.2) is 0 Å². The highest BCUT2D eigenvalue weighted by Crippen LogP contribution is 2.12. The van der Waals surface area contributed by atoms with Crippen LogP contribution in [0.5, 0.6) is 0 Å². The predicted molar refractivity (Wildman–Crippen MR) is 70.0 cm³/mol. The van der Waals surface area contributed by atoms with E-state index in [1.807, 2.05) is 19.9 Å². The molecule has 1 unspecified atom stereocenters. The summed E-state index contributed by atoms with van der Waals surface area (Å²) in [5, 5.41) is 8.78. The minimum Gasteiger partial charge on any atom is -0.338 e. The van der Waals surface area contributed by atoms with Gasteiger partial charge in [0, 0.05) is 23.5 Å². The van der Waals surface area contributed by atoms with Crippen molar-refractivity contribution in [1.29, 1.82) is 5.26 Å². The van der Waals surface area contributed by atoms with Gasteiger partial charge in [0.05, 0.1) is 12.0 Å². The minimum atomic E-state index is -0.155. The van der Waals surface area contributed by atoms with E-state index in [0.29, 0.717) is 18.7 Å². The predicted octanol–water partition coefficient (Wildman–Crippen LogP) is 2.60. The molecule has 0 spiro atoms. The highest BCUT2D eigenvalue weighted by molar-refractivity contribution is 7.80. The van der Waals surface area contributed by atoms with Crippen LogP contribution in [0.1, 0.15) is 24.2 Å². The number of thiol groups is 1. The van der Waals surface area contributed by atoms with Crippen LogP contribution in [0.2, 0.25) is 0 Å². The first-order chi connectivity index (χ1) is 8.08. The third-order valence-corrected chi connectivity index (χ3v) is 2.75. The molecule has 1 atom stereocenters. The number of nitrogens with zero attached hydrogens (tertiary/aromatic N) is 2. The van der Waals surface area contributed by atoms with Crippen molar-refractivity contribution in [3.63, 3.8) is 0 Å². The fourth-order valence-electron chi connectivity index (χ4n) is 1.55. The van der Waals surface area contributed by atoms with E-state index >= 15 is 0 Å². The van der Waals surface area contributed by atoms with Crippen LogP contribution in [0.15, 0.2) is 29.2 Å². The molecule has 0 fully saturated rings. The molecule has 4 heteroatoms. The maximum atomic E-state index is 12.2. The van der Waals surface area contributed by atoms with Crippen LogP contribution in [0.3, 0.4) is 0 Å². The standard InChI is InChI=1S/C13H16N2OS/c1-3-15(9-10(2)8-14)13(16)11-5-4-6-12(17)7-11/h4-7,10,17H,3,9H2,1-2H3. The second-order valence-corrected chi connectivity index (χ2v) is 4.44. The SMILES string of the molecule is CCN(CC(C)C#N)C(=O)c1cccc(S)c1. The van der Waals surface area contributed by atoms with Crippen molar-refractivity contribution in [3.05, 3.63) is 29.8 Å². The summed E-state index contributed by atoms with van der Waals surface area (Å²) in [5.74, 6) is -0.205. The quantitative estimate of drug-likeness (QED) is 0.832. The van der Waals surface area contributed by atoms with E-state index in [-0.39, 0.29) is 11.8 Å². The van der Waals surface area contributed by atoms with Crippen molar-refractivity contribution in [1.82, 2.24) is 4.90 Å². The summed E-state index contributed by atoms with van der Waals surface area (Å²) in [6.07, 6.45) is 0. The molecule has 0 N–H and O–H groups in total. The molecule has 90 valence electrons. The van der Waals surface area contributed by atoms with Gasteiger partial charge >= 0.3 is 0 Å². The normalized spacial score (nSPS) is 11.6. The number of carbonyl (C=O) groups is 1. The average molecular weight is 248 g/mol. The molecule has 0 bridgehead atoms. The molecule has 0 saturated heterocycles. The van der Waals surface area contributed by atoms with Crippen LogP contribution in [0, 0.1) is 17.2 Å². The van der Waals surface area contributed by atoms with Gasteiger partial charge in [-0.2, -0.15) is 5.26 Å². The van der Waals surface area contributed by atoms with E-state index in [0.717, 1.165) is 4.90 Å². The fourth-order valence-corrected chi connectivity index (χ4v) is 1.77. The van der Waals surface area contributed by atoms with Crippen molar-refractivity contribution in [2.45, 2.75) is 18.7 Å². The Morgan fingerprint density at radius 3 is 2.82 bits per heavy atom. The molecule has 0 aliphatic heterocycles. The Kier molecular flexibility index (Phi) is 5.05. The van der Waals surface area contributed by atoms with Gasteiger partial charge in [-0.1, -0.05) is 6.07 Å². The van der Waals surface area contributed by atoms with Crippen molar-refractivity contribution < 1.29 is 4.79 Å². The Morgan fingerprint density at radius 1 is 1.59 bits per heavy atom. The molecule has 3 nitrogen and oxygen atoms in total. The number of hydrogen-bond donors (Lipinski definition) is 1. The van der Waals surface area contributed by atoms with Gasteiger partial charge in [0.1, 0.15) is 0 Å². The number of hydrogen-bond acceptors (Lipinski definition) is 3. The van der Waals surface area contributed by atoms with Crippen LogP contribution in [0.25, 0.3) is 0 Å². The number of nitriles is 1. The van der Waals surface area contributed by atoms with Crippen molar-refractivity contribution in [2.24, 2.45) is 5.92 Å². The number of carbonyl (C=O) groups excluding carboxylic acids is 1. The lowest BCUT2D eigenvalue weighted by molar-refractivity contribution is 0.0752. The molecule has 0 radical (unpaired) electrons. The fraction of sp³-hybridized carbons (Fsp3) is 0.385. The number of benzene rings is 1. The summed E-state index contributed by atoms with van der Waals surface area (Å²) in [5.41, 5.74) is 0.615. The molecular formula is C13H16N2OS. The first-order valence-electron chi connectivity index (χ1n) is 5.56. The van der Waals surface area contributed by atoms with Crippen LogP contribution in [0.4, 0.5) is 0 Å². The van der Waals surface area contributed by atoms with Gasteiger partial charge < -0.3 is 4.90 Å². The Labute approximate surface area is 107 Å². The lowest BCUT2D eigenvalue weighted by atomic mass is 10.1. The van der Waals surface area contributed by atoms with Crippen LogP contribution in [-0.4, -0.2) is 23.9 Å². The summed E-state index contributed by atoms with van der Waals surface area (Å²) >= 11 is 4.21. The Morgan fingerprint density at radius 2 is 2.29 bits per heavy atom. The molecule has 0 aliphatic carbocycles. The molecule has 1 rings (SSSR count). The van der Waals surface area contributed by atoms with E-state index < -0.39 is 0 Å². The summed E-state index contributed by atoms with van der Waals surface area (Å²) in [6.45, 7) is 4.78. The average Bonchev–Trinajstić information content (AvgIpc) is 2.34. The zero-order valence-corrected chi connectivity index (χ0v) is 10.9. The third-order valence-electron chi connectivity index (χ3n) is 2.48. The first kappa shape index (κ1) is 13.6. The zero-order chi connectivity index (χ0) is 12.8. The molecule has 0 aromatic heterocycles. The van der Waals surface area contributed by atoms with E-state index in [4.69, 9.17) is 5.26 Å². The summed E-state index contributed by atoms with van der Waals surface area (Å²) < 4.78 is 0. The van der Waals surface area contributed by atoms with E-state index in [9.17, 15) is 4.79 Å². The molecule has 17 heavy (non-hydrogen) atoms. The Hall–Kier alpha value is -1.47. The Balaban J connectivity index is 2.83. The maximum Gasteiger partial charge on any atom is 0.253 e. The summed E-state index contributed by atoms with van der Waals surface area (Å²) in [6, 6.07) is 9.28. The largest absolute Gasteiger partial charge is 0.338 e. The van der Waals surface area contributed by atoms with Gasteiger partial charge in [-0.15, -0.1) is 12.6 Å². The summed E-state index contributed by atoms with van der Waals surface area (Å²) in [4.78, 5) is 14.6. The highest BCUT2D eigenvalue weighted by atomic mass is 32.1. The number of rotatable bonds is 4. The monoisotopic (exact) mass is 248 g/mol. The lowest BCUT2D eigenvalue weighted by Crippen LogP contribution is -2.34. The molecule has 1 aromatic carbocycles. The minimum absolute atomic E-state index is 0.0505. The van der Waals surface area contributed by atoms with Crippen molar-refractivity contribution in [2.75, 3.05) is 13.1 Å². The first-order valence-corrected chi connectivity index (χ1v) is 6.01. The van der Waals surface area contributed by atoms with E-state index in [2.05, 4.69) is 18.7 Å².